The summed E-state index contributed by atoms with van der Waals surface area (Å²) < 4.78 is 0. The Morgan fingerprint density at radius 2 is 1.83 bits per heavy atom. The predicted molar refractivity (Wildman–Crippen MR) is 125 cm³/mol. The van der Waals surface area contributed by atoms with E-state index in [0.717, 1.165) is 41.9 Å². The van der Waals surface area contributed by atoms with Gasteiger partial charge in [-0.1, -0.05) is 35.3 Å². The maximum absolute atomic E-state index is 12.8. The third-order valence-electron chi connectivity index (χ3n) is 5.69. The van der Waals surface area contributed by atoms with E-state index in [9.17, 15) is 9.59 Å². The summed E-state index contributed by atoms with van der Waals surface area (Å²) in [7, 11) is 3.95. The van der Waals surface area contributed by atoms with E-state index in [1.54, 1.807) is 17.9 Å². The third kappa shape index (κ3) is 4.99. The molecular weight excluding hydrogens is 441 g/mol. The number of amides is 2. The van der Waals surface area contributed by atoms with Crippen molar-refractivity contribution in [3.8, 4) is 10.4 Å². The quantitative estimate of drug-likeness (QED) is 0.571. The monoisotopic (exact) mass is 467 g/mol. The summed E-state index contributed by atoms with van der Waals surface area (Å²) in [4.78, 5) is 30.0. The van der Waals surface area contributed by atoms with E-state index < -0.39 is 0 Å². The lowest BCUT2D eigenvalue weighted by Gasteiger charge is -2.35. The minimum atomic E-state index is -0.290. The molecule has 162 valence electrons. The minimum Gasteiger partial charge on any atom is -0.331 e. The molecule has 0 bridgehead atoms. The second kappa shape index (κ2) is 9.69. The normalized spacial score (nSPS) is 16.3. The van der Waals surface area contributed by atoms with Gasteiger partial charge >= 0.3 is 6.03 Å². The van der Waals surface area contributed by atoms with Crippen molar-refractivity contribution in [3.05, 3.63) is 44.8 Å². The fourth-order valence-corrected chi connectivity index (χ4v) is 5.27. The SMILES string of the molecule is CC(=O)c1ccc(-c2ccc(C(C)NC(=O)N(C)C3CCN(C)CC3)c(Cl)c2Cl)s1. The molecule has 0 spiro atoms. The highest BCUT2D eigenvalue weighted by atomic mass is 35.5. The van der Waals surface area contributed by atoms with Gasteiger partial charge in [0, 0.05) is 23.5 Å². The smallest absolute Gasteiger partial charge is 0.317 e. The maximum atomic E-state index is 12.8. The molecule has 0 saturated carbocycles. The number of thiophene rings is 1. The number of Topliss-reactive ketones (excluding diaryl/α,β-unsaturated/α-hetero) is 1. The maximum Gasteiger partial charge on any atom is 0.317 e. The van der Waals surface area contributed by atoms with Gasteiger partial charge in [0.1, 0.15) is 0 Å². The molecule has 5 nitrogen and oxygen atoms in total. The Balaban J connectivity index is 1.72. The number of carbonyl (C=O) groups is 2. The van der Waals surface area contributed by atoms with Crippen LogP contribution in [-0.4, -0.2) is 54.8 Å². The Hall–Kier alpha value is -1.60. The molecule has 8 heteroatoms. The van der Waals surface area contributed by atoms with Crippen molar-refractivity contribution < 1.29 is 9.59 Å². The molecule has 1 aliphatic rings. The lowest BCUT2D eigenvalue weighted by atomic mass is 10.0. The van der Waals surface area contributed by atoms with Crippen LogP contribution in [0.3, 0.4) is 0 Å². The van der Waals surface area contributed by atoms with Crippen LogP contribution in [0.1, 0.15) is 48.0 Å². The molecule has 2 amide bonds. The standard InChI is InChI=1S/C22H27Cl2N3O2S/c1-13(25-22(29)27(4)15-9-11-26(3)12-10-15)16-5-6-17(21(24)20(16)23)19-8-7-18(30-19)14(2)28/h5-8,13,15H,9-12H2,1-4H3,(H,25,29). The van der Waals surface area contributed by atoms with Gasteiger partial charge in [-0.25, -0.2) is 4.79 Å². The molecule has 1 aromatic heterocycles. The Morgan fingerprint density at radius 1 is 1.17 bits per heavy atom. The second-order valence-electron chi connectivity index (χ2n) is 7.87. The first-order valence-corrected chi connectivity index (χ1v) is 11.6. The van der Waals surface area contributed by atoms with Crippen molar-refractivity contribution in [3.63, 3.8) is 0 Å². The number of nitrogens with one attached hydrogen (secondary N) is 1. The van der Waals surface area contributed by atoms with E-state index in [1.165, 1.54) is 11.3 Å². The van der Waals surface area contributed by atoms with E-state index in [-0.39, 0.29) is 23.9 Å². The van der Waals surface area contributed by atoms with E-state index in [4.69, 9.17) is 23.2 Å². The van der Waals surface area contributed by atoms with Gasteiger partial charge in [-0.3, -0.25) is 4.79 Å². The zero-order chi connectivity index (χ0) is 22.0. The van der Waals surface area contributed by atoms with Crippen LogP contribution in [0.4, 0.5) is 4.79 Å². The number of rotatable bonds is 5. The molecule has 1 atom stereocenters. The van der Waals surface area contributed by atoms with E-state index >= 15 is 0 Å². The molecular formula is C22H27Cl2N3O2S. The van der Waals surface area contributed by atoms with Crippen molar-refractivity contribution in [2.45, 2.75) is 38.8 Å². The van der Waals surface area contributed by atoms with E-state index in [2.05, 4.69) is 17.3 Å². The van der Waals surface area contributed by atoms with E-state index in [0.29, 0.717) is 14.9 Å². The molecule has 1 N–H and O–H groups in total. The number of ketones is 1. The van der Waals surface area contributed by atoms with Gasteiger partial charge in [0.05, 0.1) is 21.0 Å². The highest BCUT2D eigenvalue weighted by molar-refractivity contribution is 7.17. The largest absolute Gasteiger partial charge is 0.331 e. The number of urea groups is 1. The Labute approximate surface area is 192 Å². The first kappa shape index (κ1) is 23.1. The van der Waals surface area contributed by atoms with Crippen LogP contribution in [0.5, 0.6) is 0 Å². The molecule has 1 aliphatic heterocycles. The molecule has 1 aromatic carbocycles. The molecule has 3 rings (SSSR count). The molecule has 1 saturated heterocycles. The van der Waals surface area contributed by atoms with Gasteiger partial charge < -0.3 is 15.1 Å². The highest BCUT2D eigenvalue weighted by Gasteiger charge is 2.26. The van der Waals surface area contributed by atoms with Crippen LogP contribution in [0.25, 0.3) is 10.4 Å². The lowest BCUT2D eigenvalue weighted by Crippen LogP contribution is -2.48. The van der Waals surface area contributed by atoms with Crippen molar-refractivity contribution >= 4 is 46.4 Å². The van der Waals surface area contributed by atoms with Gasteiger partial charge in [0.2, 0.25) is 0 Å². The highest BCUT2D eigenvalue weighted by Crippen LogP contribution is 2.40. The first-order chi connectivity index (χ1) is 14.2. The van der Waals surface area contributed by atoms with Crippen LogP contribution in [0, 0.1) is 0 Å². The fraction of sp³-hybridized carbons (Fsp3) is 0.455. The van der Waals surface area contributed by atoms with Crippen molar-refractivity contribution in [2.75, 3.05) is 27.2 Å². The van der Waals surface area contributed by atoms with Crippen molar-refractivity contribution in [2.24, 2.45) is 0 Å². The van der Waals surface area contributed by atoms with Crippen LogP contribution in [0.2, 0.25) is 10.0 Å². The Morgan fingerprint density at radius 3 is 2.43 bits per heavy atom. The molecule has 30 heavy (non-hydrogen) atoms. The fourth-order valence-electron chi connectivity index (χ4n) is 3.67. The van der Waals surface area contributed by atoms with Gasteiger partial charge in [-0.05, 0) is 64.5 Å². The number of benzene rings is 1. The van der Waals surface area contributed by atoms with Gasteiger partial charge in [0.25, 0.3) is 0 Å². The summed E-state index contributed by atoms with van der Waals surface area (Å²) in [5.74, 6) is 0.0233. The van der Waals surface area contributed by atoms with Crippen molar-refractivity contribution in [1.29, 1.82) is 0 Å². The lowest BCUT2D eigenvalue weighted by molar-refractivity contribution is 0.102. The summed E-state index contributed by atoms with van der Waals surface area (Å²) in [6, 6.07) is 7.28. The van der Waals surface area contributed by atoms with Crippen LogP contribution in [-0.2, 0) is 0 Å². The Kier molecular flexibility index (Phi) is 7.45. The number of piperidine rings is 1. The summed E-state index contributed by atoms with van der Waals surface area (Å²) in [5, 5.41) is 3.88. The molecule has 0 aliphatic carbocycles. The van der Waals surface area contributed by atoms with E-state index in [1.807, 2.05) is 32.2 Å². The molecule has 1 fully saturated rings. The zero-order valence-electron chi connectivity index (χ0n) is 17.7. The summed E-state index contributed by atoms with van der Waals surface area (Å²) in [5.41, 5.74) is 1.55. The average Bonchev–Trinajstić information content (AvgIpc) is 3.20. The second-order valence-corrected chi connectivity index (χ2v) is 9.71. The zero-order valence-corrected chi connectivity index (χ0v) is 20.0. The molecule has 0 radical (unpaired) electrons. The van der Waals surface area contributed by atoms with Gasteiger partial charge in [-0.2, -0.15) is 0 Å². The van der Waals surface area contributed by atoms with Crippen LogP contribution < -0.4 is 5.32 Å². The summed E-state index contributed by atoms with van der Waals surface area (Å²) in [6.07, 6.45) is 1.94. The summed E-state index contributed by atoms with van der Waals surface area (Å²) >= 11 is 14.5. The Bertz CT molecular complexity index is 938. The molecule has 1 unspecified atom stereocenters. The van der Waals surface area contributed by atoms with Crippen molar-refractivity contribution in [1.82, 2.24) is 15.1 Å². The number of hydrogen-bond donors (Lipinski definition) is 1. The number of likely N-dealkylation sites (tertiary alicyclic amines) is 1. The first-order valence-electron chi connectivity index (χ1n) is 10.00. The predicted octanol–water partition coefficient (Wildman–Crippen LogP) is 5.72. The van der Waals surface area contributed by atoms with Crippen LogP contribution in [0.15, 0.2) is 24.3 Å². The number of hydrogen-bond acceptors (Lipinski definition) is 4. The number of halogens is 2. The topological polar surface area (TPSA) is 52.7 Å². The van der Waals surface area contributed by atoms with Gasteiger partial charge in [0.15, 0.2) is 5.78 Å². The van der Waals surface area contributed by atoms with Crippen LogP contribution >= 0.6 is 34.5 Å². The number of nitrogens with zero attached hydrogens (tertiary/aromatic N) is 2. The van der Waals surface area contributed by atoms with Gasteiger partial charge in [-0.15, -0.1) is 11.3 Å². The average molecular weight is 468 g/mol. The minimum absolute atomic E-state index is 0.0233. The molecule has 2 heterocycles. The third-order valence-corrected chi connectivity index (χ3v) is 7.81. The summed E-state index contributed by atoms with van der Waals surface area (Å²) in [6.45, 7) is 5.43. The number of carbonyl (C=O) groups excluding carboxylic acids is 2. The molecule has 2 aromatic rings.